The zero-order valence-corrected chi connectivity index (χ0v) is 11.4. The van der Waals surface area contributed by atoms with Crippen molar-refractivity contribution in [2.45, 2.75) is 0 Å². The molecule has 21 heavy (non-hydrogen) atoms. The molecular formula is C15H13F2NO3. The molecule has 0 atom stereocenters. The number of methoxy groups -OCH3 is 2. The molecule has 0 aliphatic carbocycles. The topological polar surface area (TPSA) is 47.6 Å². The maximum atomic E-state index is 13.6. The Hall–Kier alpha value is -2.63. The number of amides is 1. The van der Waals surface area contributed by atoms with E-state index in [2.05, 4.69) is 5.32 Å². The van der Waals surface area contributed by atoms with Crippen molar-refractivity contribution < 1.29 is 23.0 Å². The summed E-state index contributed by atoms with van der Waals surface area (Å²) in [7, 11) is 2.90. The Morgan fingerprint density at radius 3 is 2.48 bits per heavy atom. The second-order valence-electron chi connectivity index (χ2n) is 4.14. The fourth-order valence-electron chi connectivity index (χ4n) is 1.77. The van der Waals surface area contributed by atoms with Crippen molar-refractivity contribution in [1.29, 1.82) is 0 Å². The van der Waals surface area contributed by atoms with E-state index >= 15 is 0 Å². The fourth-order valence-corrected chi connectivity index (χ4v) is 1.77. The highest BCUT2D eigenvalue weighted by Gasteiger charge is 2.15. The van der Waals surface area contributed by atoms with Crippen LogP contribution in [0.3, 0.4) is 0 Å². The number of carbonyl (C=O) groups excluding carboxylic acids is 1. The van der Waals surface area contributed by atoms with E-state index in [1.54, 1.807) is 12.1 Å². The predicted octanol–water partition coefficient (Wildman–Crippen LogP) is 3.23. The first-order valence-electron chi connectivity index (χ1n) is 6.03. The summed E-state index contributed by atoms with van der Waals surface area (Å²) in [6.07, 6.45) is 0. The van der Waals surface area contributed by atoms with Crippen molar-refractivity contribution >= 4 is 11.6 Å². The molecular weight excluding hydrogens is 280 g/mol. The van der Waals surface area contributed by atoms with Gasteiger partial charge in [-0.25, -0.2) is 8.78 Å². The molecule has 0 spiro atoms. The minimum atomic E-state index is -0.809. The minimum Gasteiger partial charge on any atom is -0.497 e. The molecule has 4 nitrogen and oxygen atoms in total. The third-order valence-electron chi connectivity index (χ3n) is 2.83. The number of ether oxygens (including phenoxy) is 2. The molecule has 0 aliphatic heterocycles. The van der Waals surface area contributed by atoms with Gasteiger partial charge in [0.05, 0.1) is 25.5 Å². The van der Waals surface area contributed by atoms with Crippen LogP contribution in [0.25, 0.3) is 0 Å². The fraction of sp³-hybridized carbons (Fsp3) is 0.133. The first kappa shape index (κ1) is 14.8. The Morgan fingerprint density at radius 2 is 1.81 bits per heavy atom. The molecule has 0 aliphatic rings. The number of benzene rings is 2. The standard InChI is InChI=1S/C15H13F2NO3/c1-20-10-4-6-14(21-2)13(8-10)18-15(19)11-7-9(16)3-5-12(11)17/h3-8H,1-2H3,(H,18,19). The van der Waals surface area contributed by atoms with Crippen LogP contribution in [0.1, 0.15) is 10.4 Å². The maximum Gasteiger partial charge on any atom is 0.258 e. The van der Waals surface area contributed by atoms with Crippen molar-refractivity contribution in [3.8, 4) is 11.5 Å². The van der Waals surface area contributed by atoms with Gasteiger partial charge in [0.15, 0.2) is 0 Å². The number of hydrogen-bond donors (Lipinski definition) is 1. The monoisotopic (exact) mass is 293 g/mol. The summed E-state index contributed by atoms with van der Waals surface area (Å²) in [5.74, 6) is -1.42. The van der Waals surface area contributed by atoms with Crippen molar-refractivity contribution in [2.75, 3.05) is 19.5 Å². The Kier molecular flexibility index (Phi) is 4.37. The van der Waals surface area contributed by atoms with Crippen LogP contribution in [-0.2, 0) is 0 Å². The summed E-state index contributed by atoms with van der Waals surface area (Å²) in [5.41, 5.74) is -0.0922. The Labute approximate surface area is 120 Å². The number of rotatable bonds is 4. The number of halogens is 2. The molecule has 110 valence electrons. The van der Waals surface area contributed by atoms with Gasteiger partial charge in [-0.1, -0.05) is 0 Å². The van der Waals surface area contributed by atoms with Gasteiger partial charge in [0, 0.05) is 6.07 Å². The molecule has 2 rings (SSSR count). The van der Waals surface area contributed by atoms with Crippen molar-refractivity contribution in [3.05, 3.63) is 53.6 Å². The van der Waals surface area contributed by atoms with Gasteiger partial charge in [0.1, 0.15) is 23.1 Å². The van der Waals surface area contributed by atoms with Crippen LogP contribution in [0.4, 0.5) is 14.5 Å². The SMILES string of the molecule is COc1ccc(OC)c(NC(=O)c2cc(F)ccc2F)c1. The zero-order chi connectivity index (χ0) is 15.4. The smallest absolute Gasteiger partial charge is 0.258 e. The molecule has 6 heteroatoms. The Balaban J connectivity index is 2.32. The molecule has 2 aromatic rings. The first-order valence-corrected chi connectivity index (χ1v) is 6.03. The Morgan fingerprint density at radius 1 is 1.05 bits per heavy atom. The van der Waals surface area contributed by atoms with Crippen molar-refractivity contribution in [3.63, 3.8) is 0 Å². The van der Waals surface area contributed by atoms with E-state index < -0.39 is 17.5 Å². The number of nitrogens with one attached hydrogen (secondary N) is 1. The van der Waals surface area contributed by atoms with Crippen LogP contribution in [0.15, 0.2) is 36.4 Å². The highest BCUT2D eigenvalue weighted by molar-refractivity contribution is 6.05. The lowest BCUT2D eigenvalue weighted by Gasteiger charge is -2.12. The molecule has 0 heterocycles. The largest absolute Gasteiger partial charge is 0.497 e. The molecule has 0 aromatic heterocycles. The van der Waals surface area contributed by atoms with E-state index in [-0.39, 0.29) is 5.56 Å². The second-order valence-corrected chi connectivity index (χ2v) is 4.14. The molecule has 2 aromatic carbocycles. The van der Waals surface area contributed by atoms with E-state index in [1.807, 2.05) is 0 Å². The third-order valence-corrected chi connectivity index (χ3v) is 2.83. The van der Waals surface area contributed by atoms with Crippen LogP contribution in [-0.4, -0.2) is 20.1 Å². The molecule has 0 saturated heterocycles. The number of carbonyl (C=O) groups is 1. The molecule has 1 amide bonds. The lowest BCUT2D eigenvalue weighted by Crippen LogP contribution is -2.14. The predicted molar refractivity (Wildman–Crippen MR) is 73.9 cm³/mol. The van der Waals surface area contributed by atoms with Gasteiger partial charge < -0.3 is 14.8 Å². The van der Waals surface area contributed by atoms with E-state index in [4.69, 9.17) is 9.47 Å². The average molecular weight is 293 g/mol. The van der Waals surface area contributed by atoms with E-state index in [0.717, 1.165) is 18.2 Å². The molecule has 1 N–H and O–H groups in total. The summed E-state index contributed by atoms with van der Waals surface area (Å²) in [6.45, 7) is 0. The Bertz CT molecular complexity index is 674. The number of hydrogen-bond acceptors (Lipinski definition) is 3. The van der Waals surface area contributed by atoms with E-state index in [9.17, 15) is 13.6 Å². The summed E-state index contributed by atoms with van der Waals surface area (Å²) in [4.78, 5) is 12.0. The van der Waals surface area contributed by atoms with Gasteiger partial charge in [-0.2, -0.15) is 0 Å². The number of anilines is 1. The lowest BCUT2D eigenvalue weighted by atomic mass is 10.2. The average Bonchev–Trinajstić information content (AvgIpc) is 2.49. The van der Waals surface area contributed by atoms with Crippen LogP contribution in [0.2, 0.25) is 0 Å². The highest BCUT2D eigenvalue weighted by Crippen LogP contribution is 2.29. The van der Waals surface area contributed by atoms with Gasteiger partial charge in [-0.15, -0.1) is 0 Å². The van der Waals surface area contributed by atoms with Gasteiger partial charge >= 0.3 is 0 Å². The maximum absolute atomic E-state index is 13.6. The first-order chi connectivity index (χ1) is 10.0. The van der Waals surface area contributed by atoms with Gasteiger partial charge in [0.25, 0.3) is 5.91 Å². The normalized spacial score (nSPS) is 10.1. The summed E-state index contributed by atoms with van der Waals surface area (Å²) < 4.78 is 36.8. The van der Waals surface area contributed by atoms with Gasteiger partial charge in [-0.3, -0.25) is 4.79 Å². The van der Waals surface area contributed by atoms with Crippen molar-refractivity contribution in [1.82, 2.24) is 0 Å². The van der Waals surface area contributed by atoms with Crippen LogP contribution in [0.5, 0.6) is 11.5 Å². The lowest BCUT2D eigenvalue weighted by molar-refractivity contribution is 0.102. The van der Waals surface area contributed by atoms with Gasteiger partial charge in [0.2, 0.25) is 0 Å². The molecule has 0 fully saturated rings. The quantitative estimate of drug-likeness (QED) is 0.941. The summed E-state index contributed by atoms with van der Waals surface area (Å²) in [6, 6.07) is 7.43. The molecule has 0 radical (unpaired) electrons. The van der Waals surface area contributed by atoms with E-state index in [0.29, 0.717) is 17.2 Å². The van der Waals surface area contributed by atoms with Crippen LogP contribution >= 0.6 is 0 Å². The van der Waals surface area contributed by atoms with Crippen LogP contribution in [0, 0.1) is 11.6 Å². The zero-order valence-electron chi connectivity index (χ0n) is 11.4. The summed E-state index contributed by atoms with van der Waals surface area (Å²) >= 11 is 0. The third kappa shape index (κ3) is 3.28. The van der Waals surface area contributed by atoms with Crippen molar-refractivity contribution in [2.24, 2.45) is 0 Å². The minimum absolute atomic E-state index is 0.297. The molecule has 0 unspecified atom stereocenters. The molecule has 0 bridgehead atoms. The van der Waals surface area contributed by atoms with Gasteiger partial charge in [-0.05, 0) is 30.3 Å². The van der Waals surface area contributed by atoms with E-state index in [1.165, 1.54) is 20.3 Å². The molecule has 0 saturated carbocycles. The second kappa shape index (κ2) is 6.21. The highest BCUT2D eigenvalue weighted by atomic mass is 19.1. The summed E-state index contributed by atoms with van der Waals surface area (Å²) in [5, 5.41) is 2.47. The van der Waals surface area contributed by atoms with Crippen LogP contribution < -0.4 is 14.8 Å².